The summed E-state index contributed by atoms with van der Waals surface area (Å²) >= 11 is 0. The average Bonchev–Trinajstić information content (AvgIpc) is 2.15. The number of rotatable bonds is 3. The molecule has 3 nitrogen and oxygen atoms in total. The lowest BCUT2D eigenvalue weighted by molar-refractivity contribution is -0.0501. The Kier molecular flexibility index (Phi) is 3.34. The molecule has 0 atom stereocenters. The molecule has 1 aromatic carbocycles. The van der Waals surface area contributed by atoms with Crippen LogP contribution in [0.1, 0.15) is 22.8 Å². The van der Waals surface area contributed by atoms with Crippen molar-refractivity contribution >= 4 is 5.78 Å². The summed E-state index contributed by atoms with van der Waals surface area (Å²) in [5, 5.41) is 8.68. The van der Waals surface area contributed by atoms with E-state index in [1.54, 1.807) is 6.07 Å². The SMILES string of the molecule is CC(=O)c1c(C#N)cccc1OC(F)F. The number of halogens is 2. The van der Waals surface area contributed by atoms with Crippen molar-refractivity contribution in [1.29, 1.82) is 5.26 Å². The van der Waals surface area contributed by atoms with Crippen LogP contribution in [0.5, 0.6) is 5.75 Å². The number of hydrogen-bond donors (Lipinski definition) is 0. The zero-order chi connectivity index (χ0) is 11.4. The molecule has 0 aliphatic rings. The molecule has 0 bridgehead atoms. The number of carbonyl (C=O) groups is 1. The number of carbonyl (C=O) groups excluding carboxylic acids is 1. The number of ketones is 1. The summed E-state index contributed by atoms with van der Waals surface area (Å²) < 4.78 is 28.1. The van der Waals surface area contributed by atoms with Crippen molar-refractivity contribution in [3.8, 4) is 11.8 Å². The molecule has 0 radical (unpaired) electrons. The van der Waals surface area contributed by atoms with Gasteiger partial charge < -0.3 is 4.74 Å². The van der Waals surface area contributed by atoms with E-state index in [1.165, 1.54) is 25.1 Å². The smallest absolute Gasteiger partial charge is 0.387 e. The molecule has 0 heterocycles. The summed E-state index contributed by atoms with van der Waals surface area (Å²) in [5.41, 5.74) is -0.0825. The fraction of sp³-hybridized carbons (Fsp3) is 0.200. The van der Waals surface area contributed by atoms with Gasteiger partial charge in [0.15, 0.2) is 5.78 Å². The Morgan fingerprint density at radius 2 is 2.20 bits per heavy atom. The fourth-order valence-corrected chi connectivity index (χ4v) is 1.18. The number of alkyl halides is 2. The third kappa shape index (κ3) is 2.50. The topological polar surface area (TPSA) is 50.1 Å². The van der Waals surface area contributed by atoms with E-state index in [0.717, 1.165) is 0 Å². The highest BCUT2D eigenvalue weighted by Gasteiger charge is 2.16. The van der Waals surface area contributed by atoms with Crippen LogP contribution in [-0.4, -0.2) is 12.4 Å². The van der Waals surface area contributed by atoms with Gasteiger partial charge in [-0.15, -0.1) is 0 Å². The molecule has 0 aliphatic carbocycles. The van der Waals surface area contributed by atoms with Gasteiger partial charge in [-0.25, -0.2) is 0 Å². The molecule has 0 amide bonds. The van der Waals surface area contributed by atoms with Gasteiger partial charge in [-0.05, 0) is 19.1 Å². The zero-order valence-corrected chi connectivity index (χ0v) is 7.83. The highest BCUT2D eigenvalue weighted by molar-refractivity contribution is 5.99. The largest absolute Gasteiger partial charge is 0.434 e. The van der Waals surface area contributed by atoms with Crippen molar-refractivity contribution in [3.63, 3.8) is 0 Å². The summed E-state index contributed by atoms with van der Waals surface area (Å²) in [7, 11) is 0. The molecule has 0 saturated heterocycles. The van der Waals surface area contributed by atoms with Gasteiger partial charge in [-0.3, -0.25) is 4.79 Å². The maximum atomic E-state index is 12.0. The number of nitriles is 1. The van der Waals surface area contributed by atoms with E-state index < -0.39 is 12.4 Å². The first kappa shape index (κ1) is 11.1. The first-order valence-corrected chi connectivity index (χ1v) is 4.05. The van der Waals surface area contributed by atoms with Crippen LogP contribution in [-0.2, 0) is 0 Å². The molecule has 0 spiro atoms. The maximum absolute atomic E-state index is 12.0. The van der Waals surface area contributed by atoms with Crippen molar-refractivity contribution in [2.24, 2.45) is 0 Å². The molecular formula is C10H7F2NO2. The third-order valence-electron chi connectivity index (χ3n) is 1.71. The van der Waals surface area contributed by atoms with E-state index in [9.17, 15) is 13.6 Å². The van der Waals surface area contributed by atoms with Crippen molar-refractivity contribution in [1.82, 2.24) is 0 Å². The van der Waals surface area contributed by atoms with Gasteiger partial charge in [0.05, 0.1) is 11.1 Å². The molecule has 0 saturated carbocycles. The van der Waals surface area contributed by atoms with Crippen LogP contribution in [0.4, 0.5) is 8.78 Å². The zero-order valence-electron chi connectivity index (χ0n) is 7.83. The molecule has 78 valence electrons. The van der Waals surface area contributed by atoms with Gasteiger partial charge in [0.25, 0.3) is 0 Å². The van der Waals surface area contributed by atoms with Crippen LogP contribution < -0.4 is 4.74 Å². The van der Waals surface area contributed by atoms with Crippen molar-refractivity contribution in [2.75, 3.05) is 0 Å². The summed E-state index contributed by atoms with van der Waals surface area (Å²) in [5.74, 6) is -0.751. The van der Waals surface area contributed by atoms with E-state index >= 15 is 0 Å². The average molecular weight is 211 g/mol. The first-order valence-electron chi connectivity index (χ1n) is 4.05. The fourth-order valence-electron chi connectivity index (χ4n) is 1.18. The lowest BCUT2D eigenvalue weighted by Gasteiger charge is -2.09. The Hall–Kier alpha value is -1.96. The number of ether oxygens (including phenoxy) is 1. The Morgan fingerprint density at radius 1 is 1.53 bits per heavy atom. The monoisotopic (exact) mass is 211 g/mol. The summed E-state index contributed by atoms with van der Waals surface area (Å²) in [6.07, 6.45) is 0. The van der Waals surface area contributed by atoms with Gasteiger partial charge in [0, 0.05) is 0 Å². The molecule has 15 heavy (non-hydrogen) atoms. The van der Waals surface area contributed by atoms with Crippen LogP contribution >= 0.6 is 0 Å². The number of nitrogens with zero attached hydrogens (tertiary/aromatic N) is 1. The van der Waals surface area contributed by atoms with Gasteiger partial charge in [-0.1, -0.05) is 6.07 Å². The second-order valence-corrected chi connectivity index (χ2v) is 2.73. The van der Waals surface area contributed by atoms with E-state index in [-0.39, 0.29) is 16.9 Å². The number of Topliss-reactive ketones (excluding diaryl/α,β-unsaturated/α-hetero) is 1. The summed E-state index contributed by atoms with van der Waals surface area (Å²) in [6.45, 7) is -1.83. The summed E-state index contributed by atoms with van der Waals surface area (Å²) in [6, 6.07) is 5.72. The van der Waals surface area contributed by atoms with Crippen molar-refractivity contribution < 1.29 is 18.3 Å². The van der Waals surface area contributed by atoms with Crippen molar-refractivity contribution in [2.45, 2.75) is 13.5 Å². The molecule has 1 aromatic rings. The molecular weight excluding hydrogens is 204 g/mol. The molecule has 0 fully saturated rings. The van der Waals surface area contributed by atoms with E-state index in [4.69, 9.17) is 5.26 Å². The number of benzene rings is 1. The second kappa shape index (κ2) is 4.51. The number of hydrogen-bond acceptors (Lipinski definition) is 3. The maximum Gasteiger partial charge on any atom is 0.387 e. The molecule has 0 N–H and O–H groups in total. The van der Waals surface area contributed by atoms with Gasteiger partial charge >= 0.3 is 6.61 Å². The molecule has 0 unspecified atom stereocenters. The van der Waals surface area contributed by atoms with Crippen molar-refractivity contribution in [3.05, 3.63) is 29.3 Å². The predicted molar refractivity (Wildman–Crippen MR) is 47.8 cm³/mol. The van der Waals surface area contributed by atoms with Crippen LogP contribution in [0, 0.1) is 11.3 Å². The Labute approximate surface area is 84.9 Å². The lowest BCUT2D eigenvalue weighted by Crippen LogP contribution is -2.07. The second-order valence-electron chi connectivity index (χ2n) is 2.73. The van der Waals surface area contributed by atoms with Crippen LogP contribution in [0.25, 0.3) is 0 Å². The van der Waals surface area contributed by atoms with Gasteiger partial charge in [-0.2, -0.15) is 14.0 Å². The lowest BCUT2D eigenvalue weighted by atomic mass is 10.0. The highest BCUT2D eigenvalue weighted by Crippen LogP contribution is 2.24. The summed E-state index contributed by atoms with van der Waals surface area (Å²) in [4.78, 5) is 11.2. The Morgan fingerprint density at radius 3 is 2.67 bits per heavy atom. The Balaban J connectivity index is 3.27. The highest BCUT2D eigenvalue weighted by atomic mass is 19.3. The first-order chi connectivity index (χ1) is 7.06. The van der Waals surface area contributed by atoms with Crippen LogP contribution in [0.15, 0.2) is 18.2 Å². The molecule has 1 rings (SSSR count). The van der Waals surface area contributed by atoms with E-state index in [1.807, 2.05) is 0 Å². The van der Waals surface area contributed by atoms with E-state index in [2.05, 4.69) is 4.74 Å². The minimum Gasteiger partial charge on any atom is -0.434 e. The normalized spacial score (nSPS) is 9.80. The van der Waals surface area contributed by atoms with Crippen LogP contribution in [0.2, 0.25) is 0 Å². The predicted octanol–water partition coefficient (Wildman–Crippen LogP) is 2.36. The minimum atomic E-state index is -3.02. The quantitative estimate of drug-likeness (QED) is 0.721. The van der Waals surface area contributed by atoms with E-state index in [0.29, 0.717) is 0 Å². The van der Waals surface area contributed by atoms with Crippen LogP contribution in [0.3, 0.4) is 0 Å². The molecule has 0 aliphatic heterocycles. The van der Waals surface area contributed by atoms with Gasteiger partial charge in [0.2, 0.25) is 0 Å². The molecule has 5 heteroatoms. The standard InChI is InChI=1S/C10H7F2NO2/c1-6(14)9-7(5-13)3-2-4-8(9)15-10(11)12/h2-4,10H,1H3. The van der Waals surface area contributed by atoms with Gasteiger partial charge in [0.1, 0.15) is 11.8 Å². The third-order valence-corrected chi connectivity index (χ3v) is 1.71. The Bertz CT molecular complexity index is 424. The minimum absolute atomic E-state index is 0.0284. The molecule has 0 aromatic heterocycles.